The highest BCUT2D eigenvalue weighted by Gasteiger charge is 2.20. The van der Waals surface area contributed by atoms with Crippen LogP contribution in [0.15, 0.2) is 12.1 Å². The number of ether oxygens (including phenoxy) is 2. The van der Waals surface area contributed by atoms with E-state index in [1.54, 1.807) is 13.0 Å². The number of carboxylic acid groups (broad SMARTS) is 1. The van der Waals surface area contributed by atoms with Crippen LogP contribution in [0.1, 0.15) is 12.5 Å². The Bertz CT molecular complexity index is 414. The highest BCUT2D eigenvalue weighted by Crippen LogP contribution is 2.38. The predicted molar refractivity (Wildman–Crippen MR) is 61.7 cm³/mol. The second-order valence-corrected chi connectivity index (χ2v) is 3.74. The van der Waals surface area contributed by atoms with Crippen LogP contribution in [0.5, 0.6) is 17.2 Å². The Hall–Kier alpha value is -1.91. The van der Waals surface area contributed by atoms with E-state index in [0.717, 1.165) is 0 Å². The molecule has 5 nitrogen and oxygen atoms in total. The summed E-state index contributed by atoms with van der Waals surface area (Å²) < 4.78 is 10.2. The topological polar surface area (TPSA) is 76.0 Å². The van der Waals surface area contributed by atoms with Crippen molar-refractivity contribution in [3.8, 4) is 17.2 Å². The molecule has 1 aromatic carbocycles. The fraction of sp³-hybridized carbons (Fsp3) is 0.417. The van der Waals surface area contributed by atoms with E-state index in [-0.39, 0.29) is 12.2 Å². The third kappa shape index (κ3) is 2.81. The van der Waals surface area contributed by atoms with Crippen molar-refractivity contribution in [3.05, 3.63) is 17.7 Å². The first kappa shape index (κ1) is 13.2. The summed E-state index contributed by atoms with van der Waals surface area (Å²) in [7, 11) is 2.94. The molecule has 5 heteroatoms. The molecule has 94 valence electrons. The Morgan fingerprint density at radius 2 is 2.00 bits per heavy atom. The first-order chi connectivity index (χ1) is 8.01. The Kier molecular flexibility index (Phi) is 4.20. The smallest absolute Gasteiger partial charge is 0.306 e. The first-order valence-electron chi connectivity index (χ1n) is 5.16. The van der Waals surface area contributed by atoms with E-state index in [4.69, 9.17) is 14.6 Å². The van der Waals surface area contributed by atoms with Gasteiger partial charge in [0.05, 0.1) is 20.1 Å². The molecule has 0 aliphatic carbocycles. The zero-order valence-electron chi connectivity index (χ0n) is 10.1. The Morgan fingerprint density at radius 3 is 2.47 bits per heavy atom. The molecule has 0 heterocycles. The van der Waals surface area contributed by atoms with E-state index in [0.29, 0.717) is 17.1 Å². The van der Waals surface area contributed by atoms with Crippen LogP contribution in [-0.4, -0.2) is 30.4 Å². The van der Waals surface area contributed by atoms with Crippen molar-refractivity contribution in [2.45, 2.75) is 13.3 Å². The molecular weight excluding hydrogens is 224 g/mol. The molecule has 1 unspecified atom stereocenters. The van der Waals surface area contributed by atoms with Gasteiger partial charge in [-0.1, -0.05) is 6.92 Å². The number of methoxy groups -OCH3 is 2. The number of phenolic OH excluding ortho intramolecular Hbond substituents is 1. The molecule has 0 radical (unpaired) electrons. The lowest BCUT2D eigenvalue weighted by Gasteiger charge is -2.15. The van der Waals surface area contributed by atoms with Crippen molar-refractivity contribution < 1.29 is 24.5 Å². The van der Waals surface area contributed by atoms with Crippen molar-refractivity contribution >= 4 is 5.97 Å². The summed E-state index contributed by atoms with van der Waals surface area (Å²) in [5, 5.41) is 18.6. The van der Waals surface area contributed by atoms with Crippen LogP contribution in [0.4, 0.5) is 0 Å². The number of hydrogen-bond acceptors (Lipinski definition) is 4. The molecule has 0 spiro atoms. The molecule has 17 heavy (non-hydrogen) atoms. The van der Waals surface area contributed by atoms with Gasteiger partial charge in [-0.2, -0.15) is 0 Å². The Labute approximate surface area is 99.6 Å². The normalized spacial score (nSPS) is 11.9. The molecule has 0 bridgehead atoms. The van der Waals surface area contributed by atoms with E-state index in [2.05, 4.69) is 0 Å². The van der Waals surface area contributed by atoms with Gasteiger partial charge in [0, 0.05) is 5.56 Å². The molecule has 0 saturated carbocycles. The predicted octanol–water partition coefficient (Wildman–Crippen LogP) is 1.67. The van der Waals surface area contributed by atoms with Crippen LogP contribution < -0.4 is 9.47 Å². The number of hydrogen-bond donors (Lipinski definition) is 2. The number of aromatic hydroxyl groups is 1. The lowest BCUT2D eigenvalue weighted by molar-refractivity contribution is -0.141. The van der Waals surface area contributed by atoms with Crippen LogP contribution >= 0.6 is 0 Å². The number of rotatable bonds is 5. The minimum Gasteiger partial charge on any atom is -0.508 e. The molecule has 0 aliphatic rings. The molecular formula is C12H16O5. The number of carboxylic acids is 1. The van der Waals surface area contributed by atoms with Gasteiger partial charge >= 0.3 is 5.97 Å². The summed E-state index contributed by atoms with van der Waals surface area (Å²) in [6.45, 7) is 1.57. The fourth-order valence-electron chi connectivity index (χ4n) is 1.57. The minimum atomic E-state index is -0.922. The molecule has 0 saturated heterocycles. The summed E-state index contributed by atoms with van der Waals surface area (Å²) in [5.41, 5.74) is 0.446. The van der Waals surface area contributed by atoms with Crippen molar-refractivity contribution in [1.82, 2.24) is 0 Å². The molecule has 0 fully saturated rings. The lowest BCUT2D eigenvalue weighted by atomic mass is 9.99. The summed E-state index contributed by atoms with van der Waals surface area (Å²) >= 11 is 0. The molecule has 1 atom stereocenters. The molecule has 0 amide bonds. The maximum Gasteiger partial charge on any atom is 0.306 e. The third-order valence-electron chi connectivity index (χ3n) is 2.56. The van der Waals surface area contributed by atoms with E-state index < -0.39 is 11.9 Å². The standard InChI is InChI=1S/C12H16O5/c1-7(12(14)15)6-8-9(13)4-5-10(16-2)11(8)17-3/h4-5,7,13H,6H2,1-3H3,(H,14,15). The Morgan fingerprint density at radius 1 is 1.35 bits per heavy atom. The molecule has 1 rings (SSSR count). The van der Waals surface area contributed by atoms with Gasteiger partial charge in [-0.05, 0) is 18.6 Å². The van der Waals surface area contributed by atoms with Gasteiger partial charge in [0.1, 0.15) is 5.75 Å². The van der Waals surface area contributed by atoms with Crippen molar-refractivity contribution in [2.75, 3.05) is 14.2 Å². The zero-order valence-corrected chi connectivity index (χ0v) is 10.1. The van der Waals surface area contributed by atoms with Crippen molar-refractivity contribution in [2.24, 2.45) is 5.92 Å². The number of benzene rings is 1. The molecule has 2 N–H and O–H groups in total. The van der Waals surface area contributed by atoms with Gasteiger partial charge in [-0.15, -0.1) is 0 Å². The fourth-order valence-corrected chi connectivity index (χ4v) is 1.57. The summed E-state index contributed by atoms with van der Waals surface area (Å²) in [5.74, 6) is -0.676. The van der Waals surface area contributed by atoms with Crippen LogP contribution in [0, 0.1) is 5.92 Å². The average Bonchev–Trinajstić information content (AvgIpc) is 2.31. The highest BCUT2D eigenvalue weighted by atomic mass is 16.5. The maximum atomic E-state index is 10.8. The van der Waals surface area contributed by atoms with E-state index in [9.17, 15) is 9.90 Å². The van der Waals surface area contributed by atoms with Crippen LogP contribution in [0.25, 0.3) is 0 Å². The zero-order chi connectivity index (χ0) is 13.0. The monoisotopic (exact) mass is 240 g/mol. The molecule has 0 aromatic heterocycles. The van der Waals surface area contributed by atoms with Crippen LogP contribution in [-0.2, 0) is 11.2 Å². The van der Waals surface area contributed by atoms with Crippen molar-refractivity contribution in [1.29, 1.82) is 0 Å². The summed E-state index contributed by atoms with van der Waals surface area (Å²) in [6.07, 6.45) is 0.182. The van der Waals surface area contributed by atoms with E-state index in [1.807, 2.05) is 0 Å². The van der Waals surface area contributed by atoms with Gasteiger partial charge in [0.2, 0.25) is 0 Å². The lowest BCUT2D eigenvalue weighted by Crippen LogP contribution is -2.13. The third-order valence-corrected chi connectivity index (χ3v) is 2.56. The first-order valence-corrected chi connectivity index (χ1v) is 5.16. The number of carbonyl (C=O) groups is 1. The number of phenols is 1. The quantitative estimate of drug-likeness (QED) is 0.818. The summed E-state index contributed by atoms with van der Waals surface area (Å²) in [6, 6.07) is 3.04. The van der Waals surface area contributed by atoms with Gasteiger partial charge in [-0.25, -0.2) is 0 Å². The largest absolute Gasteiger partial charge is 0.508 e. The average molecular weight is 240 g/mol. The van der Waals surface area contributed by atoms with Gasteiger partial charge in [0.25, 0.3) is 0 Å². The van der Waals surface area contributed by atoms with E-state index in [1.165, 1.54) is 20.3 Å². The van der Waals surface area contributed by atoms with Gasteiger partial charge in [-0.3, -0.25) is 4.79 Å². The summed E-state index contributed by atoms with van der Waals surface area (Å²) in [4.78, 5) is 10.8. The SMILES string of the molecule is COc1ccc(O)c(CC(C)C(=O)O)c1OC. The molecule has 0 aliphatic heterocycles. The molecule has 1 aromatic rings. The van der Waals surface area contributed by atoms with Crippen LogP contribution in [0.2, 0.25) is 0 Å². The maximum absolute atomic E-state index is 10.8. The highest BCUT2D eigenvalue weighted by molar-refractivity contribution is 5.70. The van der Waals surface area contributed by atoms with Crippen molar-refractivity contribution in [3.63, 3.8) is 0 Å². The van der Waals surface area contributed by atoms with E-state index >= 15 is 0 Å². The Balaban J connectivity index is 3.16. The second kappa shape index (κ2) is 5.43. The second-order valence-electron chi connectivity index (χ2n) is 3.74. The van der Waals surface area contributed by atoms with Gasteiger partial charge in [0.15, 0.2) is 11.5 Å². The van der Waals surface area contributed by atoms with Gasteiger partial charge < -0.3 is 19.7 Å². The van der Waals surface area contributed by atoms with Crippen LogP contribution in [0.3, 0.4) is 0 Å². The minimum absolute atomic E-state index is 0.00995. The number of aliphatic carboxylic acids is 1.